The van der Waals surface area contributed by atoms with E-state index < -0.39 is 0 Å². The van der Waals surface area contributed by atoms with E-state index in [0.717, 1.165) is 11.3 Å². The van der Waals surface area contributed by atoms with Gasteiger partial charge in [-0.1, -0.05) is 12.1 Å². The molecule has 0 N–H and O–H groups in total. The molecule has 0 aliphatic rings. The number of ether oxygens (including phenoxy) is 1. The summed E-state index contributed by atoms with van der Waals surface area (Å²) in [4.78, 5) is 18.0. The van der Waals surface area contributed by atoms with Crippen LogP contribution in [0.1, 0.15) is 10.4 Å². The molecule has 2 rings (SSSR count). The number of carbonyl (C=O) groups excluding carboxylic acids is 1. The SMILES string of the molecule is COC(=O)c1cccnc1-c1ccc(N(C)C)cc1. The fourth-order valence-electron chi connectivity index (χ4n) is 1.83. The summed E-state index contributed by atoms with van der Waals surface area (Å²) in [6, 6.07) is 11.3. The van der Waals surface area contributed by atoms with Crippen LogP contribution in [0.2, 0.25) is 0 Å². The summed E-state index contributed by atoms with van der Waals surface area (Å²) >= 11 is 0. The van der Waals surface area contributed by atoms with Crippen LogP contribution in [0.4, 0.5) is 5.69 Å². The number of benzene rings is 1. The second-order valence-electron chi connectivity index (χ2n) is 4.33. The van der Waals surface area contributed by atoms with Crippen molar-refractivity contribution in [3.63, 3.8) is 0 Å². The van der Waals surface area contributed by atoms with Gasteiger partial charge in [-0.3, -0.25) is 4.98 Å². The highest BCUT2D eigenvalue weighted by atomic mass is 16.5. The number of methoxy groups -OCH3 is 1. The summed E-state index contributed by atoms with van der Waals surface area (Å²) in [6.45, 7) is 0. The monoisotopic (exact) mass is 256 g/mol. The highest BCUT2D eigenvalue weighted by Gasteiger charge is 2.13. The zero-order chi connectivity index (χ0) is 13.8. The van der Waals surface area contributed by atoms with Crippen molar-refractivity contribution in [1.82, 2.24) is 4.98 Å². The lowest BCUT2D eigenvalue weighted by Crippen LogP contribution is -2.08. The van der Waals surface area contributed by atoms with Gasteiger partial charge in [0.05, 0.1) is 18.4 Å². The maximum atomic E-state index is 11.7. The fourth-order valence-corrected chi connectivity index (χ4v) is 1.83. The summed E-state index contributed by atoms with van der Waals surface area (Å²) in [5, 5.41) is 0. The van der Waals surface area contributed by atoms with Crippen molar-refractivity contribution in [2.24, 2.45) is 0 Å². The Bertz CT molecular complexity index is 577. The van der Waals surface area contributed by atoms with E-state index in [1.807, 2.05) is 43.3 Å². The van der Waals surface area contributed by atoms with E-state index in [9.17, 15) is 4.79 Å². The highest BCUT2D eigenvalue weighted by Crippen LogP contribution is 2.24. The van der Waals surface area contributed by atoms with Crippen molar-refractivity contribution in [1.29, 1.82) is 0 Å². The van der Waals surface area contributed by atoms with Crippen LogP contribution in [0.5, 0.6) is 0 Å². The van der Waals surface area contributed by atoms with Crippen LogP contribution in [0.15, 0.2) is 42.6 Å². The molecule has 0 spiro atoms. The molecule has 4 heteroatoms. The third-order valence-electron chi connectivity index (χ3n) is 2.87. The summed E-state index contributed by atoms with van der Waals surface area (Å²) in [5.41, 5.74) is 3.10. The molecule has 0 amide bonds. The lowest BCUT2D eigenvalue weighted by atomic mass is 10.1. The number of hydrogen-bond donors (Lipinski definition) is 0. The predicted octanol–water partition coefficient (Wildman–Crippen LogP) is 2.60. The second kappa shape index (κ2) is 5.52. The Morgan fingerprint density at radius 3 is 2.42 bits per heavy atom. The van der Waals surface area contributed by atoms with Gasteiger partial charge in [-0.15, -0.1) is 0 Å². The zero-order valence-corrected chi connectivity index (χ0v) is 11.3. The topological polar surface area (TPSA) is 42.4 Å². The number of hydrogen-bond acceptors (Lipinski definition) is 4. The third kappa shape index (κ3) is 2.73. The largest absolute Gasteiger partial charge is 0.465 e. The van der Waals surface area contributed by atoms with E-state index in [1.54, 1.807) is 18.3 Å². The van der Waals surface area contributed by atoms with E-state index in [0.29, 0.717) is 11.3 Å². The van der Waals surface area contributed by atoms with Crippen LogP contribution in [-0.2, 0) is 4.74 Å². The van der Waals surface area contributed by atoms with Crippen LogP contribution in [0.3, 0.4) is 0 Å². The molecular formula is C15H16N2O2. The third-order valence-corrected chi connectivity index (χ3v) is 2.87. The fraction of sp³-hybridized carbons (Fsp3) is 0.200. The average molecular weight is 256 g/mol. The number of pyridine rings is 1. The minimum absolute atomic E-state index is 0.375. The molecule has 1 aromatic carbocycles. The molecule has 1 aromatic heterocycles. The summed E-state index contributed by atoms with van der Waals surface area (Å²) in [6.07, 6.45) is 1.67. The predicted molar refractivity (Wildman–Crippen MR) is 75.3 cm³/mol. The van der Waals surface area contributed by atoms with Crippen molar-refractivity contribution in [3.05, 3.63) is 48.2 Å². The molecule has 0 radical (unpaired) electrons. The minimum atomic E-state index is -0.375. The highest BCUT2D eigenvalue weighted by molar-refractivity contribution is 5.96. The van der Waals surface area contributed by atoms with Crippen molar-refractivity contribution in [2.45, 2.75) is 0 Å². The molecule has 0 saturated heterocycles. The van der Waals surface area contributed by atoms with E-state index >= 15 is 0 Å². The van der Waals surface area contributed by atoms with Crippen molar-refractivity contribution < 1.29 is 9.53 Å². The number of esters is 1. The van der Waals surface area contributed by atoms with E-state index in [2.05, 4.69) is 4.98 Å². The molecule has 4 nitrogen and oxygen atoms in total. The number of aromatic nitrogens is 1. The van der Waals surface area contributed by atoms with Crippen LogP contribution in [0.25, 0.3) is 11.3 Å². The molecule has 0 unspecified atom stereocenters. The quantitative estimate of drug-likeness (QED) is 0.792. The van der Waals surface area contributed by atoms with Gasteiger partial charge in [-0.2, -0.15) is 0 Å². The molecule has 0 atom stereocenters. The molecule has 0 saturated carbocycles. The Labute approximate surface area is 112 Å². The number of anilines is 1. The van der Waals surface area contributed by atoms with Gasteiger partial charge in [0.25, 0.3) is 0 Å². The van der Waals surface area contributed by atoms with Gasteiger partial charge < -0.3 is 9.64 Å². The van der Waals surface area contributed by atoms with Gasteiger partial charge in [0.15, 0.2) is 0 Å². The Morgan fingerprint density at radius 1 is 1.16 bits per heavy atom. The van der Waals surface area contributed by atoms with Gasteiger partial charge in [0.1, 0.15) is 0 Å². The second-order valence-corrected chi connectivity index (χ2v) is 4.33. The van der Waals surface area contributed by atoms with E-state index in [-0.39, 0.29) is 5.97 Å². The standard InChI is InChI=1S/C15H16N2O2/c1-17(2)12-8-6-11(7-9-12)14-13(15(18)19-3)5-4-10-16-14/h4-10H,1-3H3. The zero-order valence-electron chi connectivity index (χ0n) is 11.3. The number of rotatable bonds is 3. The number of nitrogens with zero attached hydrogens (tertiary/aromatic N) is 2. The van der Waals surface area contributed by atoms with Gasteiger partial charge in [0.2, 0.25) is 0 Å². The van der Waals surface area contributed by atoms with Crippen LogP contribution in [0, 0.1) is 0 Å². The van der Waals surface area contributed by atoms with Crippen LogP contribution >= 0.6 is 0 Å². The van der Waals surface area contributed by atoms with Crippen LogP contribution < -0.4 is 4.90 Å². The van der Waals surface area contributed by atoms with Crippen molar-refractivity contribution in [2.75, 3.05) is 26.1 Å². The lowest BCUT2D eigenvalue weighted by Gasteiger charge is -2.13. The molecule has 2 aromatic rings. The van der Waals surface area contributed by atoms with E-state index in [4.69, 9.17) is 4.74 Å². The Morgan fingerprint density at radius 2 is 1.84 bits per heavy atom. The first-order valence-corrected chi connectivity index (χ1v) is 5.94. The Hall–Kier alpha value is -2.36. The first-order valence-electron chi connectivity index (χ1n) is 5.94. The Balaban J connectivity index is 2.44. The van der Waals surface area contributed by atoms with Gasteiger partial charge in [-0.05, 0) is 24.3 Å². The molecule has 98 valence electrons. The minimum Gasteiger partial charge on any atom is -0.465 e. The molecule has 0 bridgehead atoms. The molecule has 0 aliphatic heterocycles. The Kier molecular flexibility index (Phi) is 3.80. The first kappa shape index (κ1) is 13.1. The molecular weight excluding hydrogens is 240 g/mol. The maximum Gasteiger partial charge on any atom is 0.340 e. The van der Waals surface area contributed by atoms with Crippen molar-refractivity contribution >= 4 is 11.7 Å². The van der Waals surface area contributed by atoms with Crippen LogP contribution in [-0.4, -0.2) is 32.2 Å². The van der Waals surface area contributed by atoms with Gasteiger partial charge >= 0.3 is 5.97 Å². The summed E-state index contributed by atoms with van der Waals surface area (Å²) in [7, 11) is 5.33. The maximum absolute atomic E-state index is 11.7. The molecule has 0 aliphatic carbocycles. The average Bonchev–Trinajstić information content (AvgIpc) is 2.46. The van der Waals surface area contributed by atoms with E-state index in [1.165, 1.54) is 7.11 Å². The summed E-state index contributed by atoms with van der Waals surface area (Å²) in [5.74, 6) is -0.375. The van der Waals surface area contributed by atoms with Gasteiger partial charge in [-0.25, -0.2) is 4.79 Å². The smallest absolute Gasteiger partial charge is 0.340 e. The normalized spacial score (nSPS) is 10.1. The summed E-state index contributed by atoms with van der Waals surface area (Å²) < 4.78 is 4.77. The molecule has 0 fully saturated rings. The van der Waals surface area contributed by atoms with Crippen molar-refractivity contribution in [3.8, 4) is 11.3 Å². The molecule has 1 heterocycles. The number of carbonyl (C=O) groups is 1. The molecule has 19 heavy (non-hydrogen) atoms. The first-order chi connectivity index (χ1) is 9.13. The lowest BCUT2D eigenvalue weighted by molar-refractivity contribution is 0.0601. The van der Waals surface area contributed by atoms with Gasteiger partial charge in [0, 0.05) is 31.5 Å².